The van der Waals surface area contributed by atoms with Gasteiger partial charge in [-0.15, -0.1) is 0 Å². The Balaban J connectivity index is 1.12. The fourth-order valence-corrected chi connectivity index (χ4v) is 11.2. The van der Waals surface area contributed by atoms with Crippen molar-refractivity contribution in [1.29, 1.82) is 0 Å². The minimum Gasteiger partial charge on any atom is -0.309 e. The summed E-state index contributed by atoms with van der Waals surface area (Å²) in [5.41, 5.74) is 18.5. The van der Waals surface area contributed by atoms with E-state index in [4.69, 9.17) is 0 Å². The summed E-state index contributed by atoms with van der Waals surface area (Å²) >= 11 is 0. The fraction of sp³-hybridized carbons (Fsp3) is 0.193. The Morgan fingerprint density at radius 3 is 1.76 bits per heavy atom. The molecule has 0 saturated carbocycles. The SMILES string of the molecule is CC1(C)CCC(C)(C)c2cc3c(cc21)c1cc2c4c5ccccc5ccc4n(-c4ccc(-c5ccc6c(c5)-c5ccccc5C6(C)C)cc4)c2cc1n3-c1ccccc1. The molecule has 0 spiro atoms. The van der Waals surface area contributed by atoms with Gasteiger partial charge >= 0.3 is 0 Å². The van der Waals surface area contributed by atoms with E-state index in [0.717, 1.165) is 5.69 Å². The second-order valence-electron chi connectivity index (χ2n) is 19.2. The lowest BCUT2D eigenvalue weighted by atomic mass is 9.63. The van der Waals surface area contributed by atoms with Crippen LogP contribution in [0.2, 0.25) is 0 Å². The summed E-state index contributed by atoms with van der Waals surface area (Å²) in [6.45, 7) is 14.5. The molecular formula is C57H48N2. The van der Waals surface area contributed by atoms with Crippen LogP contribution in [0, 0.1) is 0 Å². The summed E-state index contributed by atoms with van der Waals surface area (Å²) < 4.78 is 5.03. The van der Waals surface area contributed by atoms with Crippen molar-refractivity contribution in [2.24, 2.45) is 0 Å². The Bertz CT molecular complexity index is 3390. The molecule has 2 aliphatic rings. The minimum absolute atomic E-state index is 0.000784. The van der Waals surface area contributed by atoms with Gasteiger partial charge in [0, 0.05) is 38.3 Å². The van der Waals surface area contributed by atoms with Gasteiger partial charge in [0.05, 0.1) is 22.1 Å². The summed E-state index contributed by atoms with van der Waals surface area (Å²) in [5, 5.41) is 7.80. The number of nitrogens with zero attached hydrogens (tertiary/aromatic N) is 2. The molecule has 0 unspecified atom stereocenters. The van der Waals surface area contributed by atoms with Crippen molar-refractivity contribution in [3.05, 3.63) is 180 Å². The van der Waals surface area contributed by atoms with Gasteiger partial charge in [0.15, 0.2) is 0 Å². The Morgan fingerprint density at radius 1 is 0.373 bits per heavy atom. The van der Waals surface area contributed by atoms with E-state index in [0.29, 0.717) is 0 Å². The van der Waals surface area contributed by atoms with Crippen molar-refractivity contribution in [1.82, 2.24) is 9.13 Å². The first kappa shape index (κ1) is 34.6. The second-order valence-corrected chi connectivity index (χ2v) is 19.2. The van der Waals surface area contributed by atoms with Crippen LogP contribution in [0.5, 0.6) is 0 Å². The van der Waals surface area contributed by atoms with Crippen molar-refractivity contribution in [2.75, 3.05) is 0 Å². The van der Waals surface area contributed by atoms with Crippen molar-refractivity contribution in [3.63, 3.8) is 0 Å². The standard InChI is InChI=1S/C57H48N2/c1-55(2)28-29-56(3,4)49-33-51-44(32-48(49)55)43-31-45-53(34-52(43)59(51)38-15-8-7-9-16-38)58(50-27-23-36-14-10-11-17-40(36)54(45)50)39-24-20-35(21-25-39)37-22-26-47-42(30-37)41-18-12-13-19-46(41)57(47,5)6/h7-27,30-34H,28-29H2,1-6H3. The highest BCUT2D eigenvalue weighted by molar-refractivity contribution is 6.25. The first-order valence-corrected chi connectivity index (χ1v) is 21.4. The predicted octanol–water partition coefficient (Wildman–Crippen LogP) is 15.4. The quantitative estimate of drug-likeness (QED) is 0.170. The van der Waals surface area contributed by atoms with Gasteiger partial charge in [-0.25, -0.2) is 0 Å². The maximum Gasteiger partial charge on any atom is 0.0562 e. The Kier molecular flexibility index (Phi) is 6.96. The molecule has 0 N–H and O–H groups in total. The van der Waals surface area contributed by atoms with Gasteiger partial charge in [-0.3, -0.25) is 0 Å². The zero-order chi connectivity index (χ0) is 40.0. The minimum atomic E-state index is -0.000784. The lowest BCUT2D eigenvalue weighted by molar-refractivity contribution is 0.332. The average molecular weight is 761 g/mol. The van der Waals surface area contributed by atoms with Crippen LogP contribution in [0.25, 0.3) is 88.0 Å². The maximum absolute atomic E-state index is 2.56. The summed E-state index contributed by atoms with van der Waals surface area (Å²) in [6.07, 6.45) is 2.38. The topological polar surface area (TPSA) is 9.86 Å². The molecule has 2 heteroatoms. The highest BCUT2D eigenvalue weighted by atomic mass is 15.0. The summed E-state index contributed by atoms with van der Waals surface area (Å²) in [4.78, 5) is 0. The number of aromatic nitrogens is 2. The molecule has 12 rings (SSSR count). The van der Waals surface area contributed by atoms with Gasteiger partial charge in [-0.1, -0.05) is 139 Å². The third-order valence-corrected chi connectivity index (χ3v) is 14.6. The van der Waals surface area contributed by atoms with Gasteiger partial charge in [0.1, 0.15) is 0 Å². The predicted molar refractivity (Wildman–Crippen MR) is 251 cm³/mol. The van der Waals surface area contributed by atoms with Crippen molar-refractivity contribution < 1.29 is 0 Å². The van der Waals surface area contributed by atoms with Gasteiger partial charge in [0.2, 0.25) is 0 Å². The average Bonchev–Trinajstić information content (AvgIpc) is 3.83. The second kappa shape index (κ2) is 11.9. The highest BCUT2D eigenvalue weighted by Crippen LogP contribution is 2.51. The largest absolute Gasteiger partial charge is 0.309 e. The van der Waals surface area contributed by atoms with Crippen LogP contribution in [-0.2, 0) is 16.2 Å². The number of fused-ring (bicyclic) bond motifs is 12. The highest BCUT2D eigenvalue weighted by Gasteiger charge is 2.38. The molecule has 10 aromatic rings. The fourth-order valence-electron chi connectivity index (χ4n) is 11.2. The molecule has 2 aromatic heterocycles. The molecule has 2 heterocycles. The third-order valence-electron chi connectivity index (χ3n) is 14.6. The molecule has 0 radical (unpaired) electrons. The Hall–Kier alpha value is -6.38. The van der Waals surface area contributed by atoms with Crippen LogP contribution >= 0.6 is 0 Å². The van der Waals surface area contributed by atoms with E-state index in [1.807, 2.05) is 0 Å². The number of rotatable bonds is 3. The summed E-state index contributed by atoms with van der Waals surface area (Å²) in [6, 6.07) is 59.9. The van der Waals surface area contributed by atoms with Gasteiger partial charge in [-0.2, -0.15) is 0 Å². The lowest BCUT2D eigenvalue weighted by Gasteiger charge is -2.42. The summed E-state index contributed by atoms with van der Waals surface area (Å²) in [5.74, 6) is 0. The number of benzene rings is 8. The van der Waals surface area contributed by atoms with E-state index in [2.05, 4.69) is 208 Å². The van der Waals surface area contributed by atoms with E-state index >= 15 is 0 Å². The molecule has 0 amide bonds. The third kappa shape index (κ3) is 4.81. The Labute approximate surface area is 346 Å². The van der Waals surface area contributed by atoms with E-state index in [-0.39, 0.29) is 16.2 Å². The molecule has 0 saturated heterocycles. The zero-order valence-corrected chi connectivity index (χ0v) is 34.8. The van der Waals surface area contributed by atoms with Crippen LogP contribution in [-0.4, -0.2) is 9.13 Å². The van der Waals surface area contributed by atoms with Crippen LogP contribution in [0.1, 0.15) is 76.6 Å². The number of hydrogen-bond acceptors (Lipinski definition) is 0. The van der Waals surface area contributed by atoms with E-state index < -0.39 is 0 Å². The monoisotopic (exact) mass is 760 g/mol. The smallest absolute Gasteiger partial charge is 0.0562 e. The molecule has 0 aliphatic heterocycles. The van der Waals surface area contributed by atoms with Gasteiger partial charge in [0.25, 0.3) is 0 Å². The number of para-hydroxylation sites is 1. The van der Waals surface area contributed by atoms with Crippen LogP contribution in [0.15, 0.2) is 158 Å². The Morgan fingerprint density at radius 2 is 0.966 bits per heavy atom. The van der Waals surface area contributed by atoms with Crippen LogP contribution < -0.4 is 0 Å². The first-order valence-electron chi connectivity index (χ1n) is 21.4. The zero-order valence-electron chi connectivity index (χ0n) is 34.8. The molecule has 59 heavy (non-hydrogen) atoms. The summed E-state index contributed by atoms with van der Waals surface area (Å²) in [7, 11) is 0. The number of hydrogen-bond donors (Lipinski definition) is 0. The van der Waals surface area contributed by atoms with E-state index in [9.17, 15) is 0 Å². The van der Waals surface area contributed by atoms with Crippen molar-refractivity contribution in [2.45, 2.75) is 70.6 Å². The molecule has 286 valence electrons. The maximum atomic E-state index is 2.56. The first-order chi connectivity index (χ1) is 28.5. The van der Waals surface area contributed by atoms with Crippen molar-refractivity contribution >= 4 is 54.4 Å². The molecule has 8 aromatic carbocycles. The van der Waals surface area contributed by atoms with Gasteiger partial charge in [-0.05, 0) is 140 Å². The molecule has 0 fully saturated rings. The molecule has 2 nitrogen and oxygen atoms in total. The lowest BCUT2D eigenvalue weighted by Crippen LogP contribution is -2.33. The van der Waals surface area contributed by atoms with Crippen LogP contribution in [0.4, 0.5) is 0 Å². The van der Waals surface area contributed by atoms with Crippen molar-refractivity contribution in [3.8, 4) is 33.6 Å². The molecule has 0 atom stereocenters. The molecule has 0 bridgehead atoms. The van der Waals surface area contributed by atoms with Crippen LogP contribution in [0.3, 0.4) is 0 Å². The normalized spacial score (nSPS) is 16.2. The van der Waals surface area contributed by atoms with Gasteiger partial charge < -0.3 is 9.13 Å². The van der Waals surface area contributed by atoms with E-state index in [1.54, 1.807) is 0 Å². The molecule has 2 aliphatic carbocycles. The molecular weight excluding hydrogens is 713 g/mol. The van der Waals surface area contributed by atoms with E-state index in [1.165, 1.54) is 117 Å².